The molecule has 0 aliphatic heterocycles. The number of carboxylic acid groups (broad SMARTS) is 1. The number of thioether (sulfide) groups is 1. The van der Waals surface area contributed by atoms with E-state index in [1.54, 1.807) is 11.8 Å². The Bertz CT molecular complexity index is 549. The maximum atomic E-state index is 10.6. The summed E-state index contributed by atoms with van der Waals surface area (Å²) < 4.78 is 2.12. The van der Waals surface area contributed by atoms with Crippen LogP contribution in [0.25, 0.3) is 0 Å². The zero-order valence-corrected chi connectivity index (χ0v) is 11.6. The average molecular weight is 276 g/mol. The number of rotatable bonds is 6. The van der Waals surface area contributed by atoms with Gasteiger partial charge >= 0.3 is 5.97 Å². The average Bonchev–Trinajstić information content (AvgIpc) is 2.84. The first-order valence-corrected chi connectivity index (χ1v) is 7.11. The number of benzene rings is 1. The first kappa shape index (κ1) is 13.7. The highest BCUT2D eigenvalue weighted by Crippen LogP contribution is 2.22. The molecule has 1 heterocycles. The number of carbonyl (C=O) groups is 1. The Morgan fingerprint density at radius 1 is 1.37 bits per heavy atom. The van der Waals surface area contributed by atoms with Crippen molar-refractivity contribution in [2.45, 2.75) is 30.5 Å². The Labute approximate surface area is 116 Å². The molecule has 0 aliphatic carbocycles. The van der Waals surface area contributed by atoms with E-state index >= 15 is 0 Å². The molecule has 0 aliphatic rings. The first-order valence-electron chi connectivity index (χ1n) is 6.12. The monoisotopic (exact) mass is 276 g/mol. The smallest absolute Gasteiger partial charge is 0.307 e. The Morgan fingerprint density at radius 3 is 2.74 bits per heavy atom. The van der Waals surface area contributed by atoms with Gasteiger partial charge in [0.15, 0.2) is 0 Å². The minimum atomic E-state index is -0.801. The van der Waals surface area contributed by atoms with Crippen molar-refractivity contribution in [1.29, 1.82) is 0 Å². The van der Waals surface area contributed by atoms with E-state index in [2.05, 4.69) is 16.5 Å². The second-order valence-electron chi connectivity index (χ2n) is 4.13. The number of nitrogens with zero attached hydrogens (tertiary/aromatic N) is 2. The molecule has 2 aromatic rings. The van der Waals surface area contributed by atoms with E-state index < -0.39 is 5.97 Å². The van der Waals surface area contributed by atoms with Gasteiger partial charge in [0.1, 0.15) is 5.82 Å². The van der Waals surface area contributed by atoms with Gasteiger partial charge in [-0.2, -0.15) is 0 Å². The third kappa shape index (κ3) is 3.86. The molecule has 0 amide bonds. The molecule has 4 nitrogen and oxygen atoms in total. The second-order valence-corrected chi connectivity index (χ2v) is 5.18. The maximum absolute atomic E-state index is 10.6. The van der Waals surface area contributed by atoms with Crippen molar-refractivity contribution in [3.63, 3.8) is 0 Å². The van der Waals surface area contributed by atoms with E-state index in [9.17, 15) is 4.79 Å². The van der Waals surface area contributed by atoms with Crippen LogP contribution in [-0.4, -0.2) is 20.6 Å². The molecule has 2 rings (SSSR count). The highest BCUT2D eigenvalue weighted by molar-refractivity contribution is 7.98. The third-order valence-electron chi connectivity index (χ3n) is 2.79. The van der Waals surface area contributed by atoms with Crippen LogP contribution >= 0.6 is 11.8 Å². The summed E-state index contributed by atoms with van der Waals surface area (Å²) in [6, 6.07) is 7.65. The SMILES string of the molecule is CCn1ccnc1CSc1ccc(CC(=O)O)cc1. The topological polar surface area (TPSA) is 55.1 Å². The van der Waals surface area contributed by atoms with Gasteiger partial charge in [-0.3, -0.25) is 4.79 Å². The summed E-state index contributed by atoms with van der Waals surface area (Å²) in [7, 11) is 0. The molecule has 0 fully saturated rings. The van der Waals surface area contributed by atoms with Crippen molar-refractivity contribution >= 4 is 17.7 Å². The van der Waals surface area contributed by atoms with Gasteiger partial charge < -0.3 is 9.67 Å². The Balaban J connectivity index is 1.94. The minimum Gasteiger partial charge on any atom is -0.481 e. The van der Waals surface area contributed by atoms with Crippen molar-refractivity contribution < 1.29 is 9.90 Å². The highest BCUT2D eigenvalue weighted by atomic mass is 32.2. The first-order chi connectivity index (χ1) is 9.19. The normalized spacial score (nSPS) is 10.6. The van der Waals surface area contributed by atoms with E-state index in [-0.39, 0.29) is 6.42 Å². The van der Waals surface area contributed by atoms with Crippen LogP contribution in [0.2, 0.25) is 0 Å². The molecule has 1 N–H and O–H groups in total. The summed E-state index contributed by atoms with van der Waals surface area (Å²) in [5.41, 5.74) is 0.826. The summed E-state index contributed by atoms with van der Waals surface area (Å²) >= 11 is 1.70. The van der Waals surface area contributed by atoms with Crippen LogP contribution in [-0.2, 0) is 23.5 Å². The Morgan fingerprint density at radius 2 is 2.11 bits per heavy atom. The summed E-state index contributed by atoms with van der Waals surface area (Å²) in [5, 5.41) is 8.71. The van der Waals surface area contributed by atoms with Crippen LogP contribution in [0.1, 0.15) is 18.3 Å². The van der Waals surface area contributed by atoms with E-state index in [1.807, 2.05) is 36.7 Å². The van der Waals surface area contributed by atoms with Gasteiger partial charge in [0.2, 0.25) is 0 Å². The molecule has 0 bridgehead atoms. The van der Waals surface area contributed by atoms with Gasteiger partial charge in [0.25, 0.3) is 0 Å². The molecular formula is C14H16N2O2S. The lowest BCUT2D eigenvalue weighted by atomic mass is 10.2. The molecule has 1 aromatic heterocycles. The van der Waals surface area contributed by atoms with E-state index in [0.717, 1.165) is 28.6 Å². The maximum Gasteiger partial charge on any atom is 0.307 e. The summed E-state index contributed by atoms with van der Waals surface area (Å²) in [4.78, 5) is 16.0. The lowest BCUT2D eigenvalue weighted by Gasteiger charge is -2.05. The lowest BCUT2D eigenvalue weighted by molar-refractivity contribution is -0.136. The fourth-order valence-electron chi connectivity index (χ4n) is 1.79. The summed E-state index contributed by atoms with van der Waals surface area (Å²) in [6.07, 6.45) is 3.87. The van der Waals surface area contributed by atoms with Crippen LogP contribution in [0.3, 0.4) is 0 Å². The fraction of sp³-hybridized carbons (Fsp3) is 0.286. The van der Waals surface area contributed by atoms with E-state index in [0.29, 0.717) is 0 Å². The number of aromatic nitrogens is 2. The molecule has 5 heteroatoms. The molecule has 19 heavy (non-hydrogen) atoms. The molecule has 0 atom stereocenters. The molecule has 0 radical (unpaired) electrons. The van der Waals surface area contributed by atoms with Crippen molar-refractivity contribution in [2.75, 3.05) is 0 Å². The largest absolute Gasteiger partial charge is 0.481 e. The standard InChI is InChI=1S/C14H16N2O2S/c1-2-16-8-7-15-13(16)10-19-12-5-3-11(4-6-12)9-14(17)18/h3-8H,2,9-10H2,1H3,(H,17,18). The van der Waals surface area contributed by atoms with Crippen LogP contribution in [0.15, 0.2) is 41.6 Å². The van der Waals surface area contributed by atoms with E-state index in [1.165, 1.54) is 0 Å². The molecule has 0 saturated carbocycles. The third-order valence-corrected chi connectivity index (χ3v) is 3.80. The van der Waals surface area contributed by atoms with Crippen molar-refractivity contribution in [3.8, 4) is 0 Å². The zero-order chi connectivity index (χ0) is 13.7. The second kappa shape index (κ2) is 6.43. The van der Waals surface area contributed by atoms with Gasteiger partial charge in [0, 0.05) is 23.8 Å². The van der Waals surface area contributed by atoms with Crippen LogP contribution in [0.4, 0.5) is 0 Å². The van der Waals surface area contributed by atoms with Crippen molar-refractivity contribution in [1.82, 2.24) is 9.55 Å². The summed E-state index contributed by atoms with van der Waals surface area (Å²) in [6.45, 7) is 3.02. The predicted octanol–water partition coefficient (Wildman–Crippen LogP) is 2.82. The van der Waals surface area contributed by atoms with E-state index in [4.69, 9.17) is 5.11 Å². The van der Waals surface area contributed by atoms with Gasteiger partial charge in [-0.25, -0.2) is 4.98 Å². The zero-order valence-electron chi connectivity index (χ0n) is 10.7. The molecule has 0 unspecified atom stereocenters. The van der Waals surface area contributed by atoms with Gasteiger partial charge in [-0.1, -0.05) is 12.1 Å². The minimum absolute atomic E-state index is 0.0746. The Kier molecular flexibility index (Phi) is 4.63. The van der Waals surface area contributed by atoms with Crippen LogP contribution in [0, 0.1) is 0 Å². The number of hydrogen-bond acceptors (Lipinski definition) is 3. The van der Waals surface area contributed by atoms with Gasteiger partial charge in [-0.15, -0.1) is 11.8 Å². The highest BCUT2D eigenvalue weighted by Gasteiger charge is 2.04. The molecular weight excluding hydrogens is 260 g/mol. The predicted molar refractivity (Wildman–Crippen MR) is 75.2 cm³/mol. The number of carboxylic acids is 1. The molecule has 100 valence electrons. The molecule has 1 aromatic carbocycles. The number of aliphatic carboxylic acids is 1. The number of aryl methyl sites for hydroxylation is 1. The molecule has 0 spiro atoms. The van der Waals surface area contributed by atoms with Gasteiger partial charge in [0.05, 0.1) is 12.2 Å². The number of imidazole rings is 1. The quantitative estimate of drug-likeness (QED) is 0.824. The Hall–Kier alpha value is -1.75. The van der Waals surface area contributed by atoms with Crippen molar-refractivity contribution in [2.24, 2.45) is 0 Å². The van der Waals surface area contributed by atoms with Crippen LogP contribution < -0.4 is 0 Å². The lowest BCUT2D eigenvalue weighted by Crippen LogP contribution is -2.00. The van der Waals surface area contributed by atoms with Gasteiger partial charge in [-0.05, 0) is 24.6 Å². The molecule has 0 saturated heterocycles. The fourth-order valence-corrected chi connectivity index (χ4v) is 2.66. The van der Waals surface area contributed by atoms with Crippen LogP contribution in [0.5, 0.6) is 0 Å². The van der Waals surface area contributed by atoms with Crippen molar-refractivity contribution in [3.05, 3.63) is 48.0 Å². The summed E-state index contributed by atoms with van der Waals surface area (Å²) in [5.74, 6) is 1.08. The number of hydrogen-bond donors (Lipinski definition) is 1.